The maximum atomic E-state index is 13.7. The van der Waals surface area contributed by atoms with Crippen molar-refractivity contribution in [2.45, 2.75) is 25.3 Å². The average molecular weight is 569 g/mol. The summed E-state index contributed by atoms with van der Waals surface area (Å²) in [5.41, 5.74) is 2.21. The van der Waals surface area contributed by atoms with Crippen LogP contribution in [0.15, 0.2) is 70.2 Å². The highest BCUT2D eigenvalue weighted by molar-refractivity contribution is 7.89. The number of furan rings is 1. The summed E-state index contributed by atoms with van der Waals surface area (Å²) in [6.07, 6.45) is 1.10. The van der Waals surface area contributed by atoms with Gasteiger partial charge in [-0.1, -0.05) is 17.4 Å². The lowest BCUT2D eigenvalue weighted by molar-refractivity contribution is 0.0933. The highest BCUT2D eigenvalue weighted by Crippen LogP contribution is 2.32. The van der Waals surface area contributed by atoms with Gasteiger partial charge in [-0.25, -0.2) is 18.2 Å². The Morgan fingerprint density at radius 2 is 1.82 bits per heavy atom. The number of ether oxygens (including phenoxy) is 1. The quantitative estimate of drug-likeness (QED) is 0.322. The summed E-state index contributed by atoms with van der Waals surface area (Å²) in [5.74, 6) is 0.272. The third-order valence-corrected chi connectivity index (χ3v) is 9.36. The first-order valence-corrected chi connectivity index (χ1v) is 14.8. The van der Waals surface area contributed by atoms with Gasteiger partial charge in [0, 0.05) is 31.7 Å². The van der Waals surface area contributed by atoms with E-state index in [1.165, 1.54) is 49.7 Å². The van der Waals surface area contributed by atoms with E-state index >= 15 is 0 Å². The van der Waals surface area contributed by atoms with Gasteiger partial charge in [0.1, 0.15) is 5.76 Å². The van der Waals surface area contributed by atoms with E-state index < -0.39 is 16.1 Å². The number of anilines is 1. The van der Waals surface area contributed by atoms with Crippen molar-refractivity contribution in [3.8, 4) is 0 Å². The van der Waals surface area contributed by atoms with Gasteiger partial charge in [0.15, 0.2) is 5.13 Å². The zero-order valence-electron chi connectivity index (χ0n) is 21.6. The molecule has 0 atom stereocenters. The number of nitrogens with zero attached hydrogens (tertiary/aromatic N) is 4. The molecule has 0 radical (unpaired) electrons. The first-order valence-electron chi connectivity index (χ1n) is 12.5. The van der Waals surface area contributed by atoms with Crippen LogP contribution in [0.1, 0.15) is 28.6 Å². The molecule has 2 aromatic heterocycles. The van der Waals surface area contributed by atoms with Crippen LogP contribution in [-0.4, -0.2) is 67.4 Å². The molecule has 2 aromatic carbocycles. The van der Waals surface area contributed by atoms with Crippen molar-refractivity contribution in [3.05, 3.63) is 77.7 Å². The Bertz CT molecular complexity index is 1570. The molecule has 10 nitrogen and oxygen atoms in total. The van der Waals surface area contributed by atoms with Gasteiger partial charge < -0.3 is 14.1 Å². The molecule has 2 amide bonds. The molecule has 0 unspecified atom stereocenters. The van der Waals surface area contributed by atoms with Crippen LogP contribution in [-0.2, 0) is 21.3 Å². The highest BCUT2D eigenvalue weighted by Gasteiger charge is 2.31. The number of rotatable bonds is 7. The molecule has 0 spiro atoms. The van der Waals surface area contributed by atoms with Gasteiger partial charge >= 0.3 is 6.09 Å². The second-order valence-electron chi connectivity index (χ2n) is 9.05. The minimum atomic E-state index is -3.80. The SMILES string of the molecule is CCOC(=O)N1CCN(S(=O)(=O)c2ccc(C(=O)N(Cc3ccco3)c3nc4ccc(C)cc4s3)cc2)CC1. The molecule has 39 heavy (non-hydrogen) atoms. The molecular weight excluding hydrogens is 540 g/mol. The van der Waals surface area contributed by atoms with Gasteiger partial charge in [-0.15, -0.1) is 0 Å². The Balaban J connectivity index is 1.36. The molecule has 12 heteroatoms. The van der Waals surface area contributed by atoms with Gasteiger partial charge in [0.2, 0.25) is 10.0 Å². The predicted molar refractivity (Wildman–Crippen MR) is 147 cm³/mol. The molecule has 1 aliphatic heterocycles. The largest absolute Gasteiger partial charge is 0.467 e. The Labute approximate surface area is 230 Å². The van der Waals surface area contributed by atoms with Crippen molar-refractivity contribution < 1.29 is 27.2 Å². The molecule has 0 bridgehead atoms. The standard InChI is InChI=1S/C27H28N4O6S2/c1-3-36-27(33)29-12-14-30(15-13-29)39(34,35)22-9-7-20(8-10-22)25(32)31(18-21-5-4-16-37-21)26-28-23-11-6-19(2)17-24(23)38-26/h4-11,16-17H,3,12-15,18H2,1-2H3. The number of piperazine rings is 1. The van der Waals surface area contributed by atoms with Crippen LogP contribution in [0.3, 0.4) is 0 Å². The number of aromatic nitrogens is 1. The van der Waals surface area contributed by atoms with Crippen LogP contribution in [0.5, 0.6) is 0 Å². The molecule has 1 fully saturated rings. The first-order chi connectivity index (χ1) is 18.8. The summed E-state index contributed by atoms with van der Waals surface area (Å²) >= 11 is 1.41. The number of hydrogen-bond acceptors (Lipinski definition) is 8. The van der Waals surface area contributed by atoms with Crippen LogP contribution in [0.4, 0.5) is 9.93 Å². The normalized spacial score (nSPS) is 14.5. The molecule has 1 saturated heterocycles. The number of thiazole rings is 1. The maximum Gasteiger partial charge on any atom is 0.409 e. The van der Waals surface area contributed by atoms with E-state index in [1.54, 1.807) is 25.3 Å². The molecule has 0 N–H and O–H groups in total. The summed E-state index contributed by atoms with van der Waals surface area (Å²) < 4.78 is 39.3. The van der Waals surface area contributed by atoms with Crippen LogP contribution in [0.2, 0.25) is 0 Å². The Morgan fingerprint density at radius 3 is 2.49 bits per heavy atom. The zero-order chi connectivity index (χ0) is 27.6. The average Bonchev–Trinajstić information content (AvgIpc) is 3.61. The van der Waals surface area contributed by atoms with E-state index in [9.17, 15) is 18.0 Å². The molecule has 0 saturated carbocycles. The fraction of sp³-hybridized carbons (Fsp3) is 0.296. The number of aryl methyl sites for hydroxylation is 1. The second kappa shape index (κ2) is 11.2. The number of fused-ring (bicyclic) bond motifs is 1. The molecule has 204 valence electrons. The Hall–Kier alpha value is -3.74. The van der Waals surface area contributed by atoms with Gasteiger partial charge in [-0.2, -0.15) is 4.31 Å². The number of carbonyl (C=O) groups is 2. The van der Waals surface area contributed by atoms with Crippen LogP contribution < -0.4 is 4.90 Å². The first kappa shape index (κ1) is 26.9. The summed E-state index contributed by atoms with van der Waals surface area (Å²) in [6.45, 7) is 4.99. The van der Waals surface area contributed by atoms with Crippen molar-refractivity contribution in [1.29, 1.82) is 0 Å². The highest BCUT2D eigenvalue weighted by atomic mass is 32.2. The van der Waals surface area contributed by atoms with Crippen molar-refractivity contribution in [1.82, 2.24) is 14.2 Å². The molecular formula is C27H28N4O6S2. The van der Waals surface area contributed by atoms with Gasteiger partial charge in [-0.05, 0) is 67.9 Å². The number of carbonyl (C=O) groups excluding carboxylic acids is 2. The molecule has 4 aromatic rings. The van der Waals surface area contributed by atoms with Crippen LogP contribution in [0, 0.1) is 6.92 Å². The molecule has 5 rings (SSSR count). The lowest BCUT2D eigenvalue weighted by Crippen LogP contribution is -2.50. The minimum Gasteiger partial charge on any atom is -0.467 e. The molecule has 1 aliphatic rings. The predicted octanol–water partition coefficient (Wildman–Crippen LogP) is 4.51. The third kappa shape index (κ3) is 5.68. The van der Waals surface area contributed by atoms with Crippen LogP contribution in [0.25, 0.3) is 10.2 Å². The number of amides is 2. The van der Waals surface area contributed by atoms with Crippen molar-refractivity contribution in [3.63, 3.8) is 0 Å². The van der Waals surface area contributed by atoms with Gasteiger partial charge in [-0.3, -0.25) is 9.69 Å². The fourth-order valence-electron chi connectivity index (χ4n) is 4.32. The van der Waals surface area contributed by atoms with E-state index in [1.807, 2.05) is 25.1 Å². The van der Waals surface area contributed by atoms with E-state index in [4.69, 9.17) is 9.15 Å². The van der Waals surface area contributed by atoms with Gasteiger partial charge in [0.25, 0.3) is 5.91 Å². The Kier molecular flexibility index (Phi) is 7.69. The van der Waals surface area contributed by atoms with Crippen LogP contribution >= 0.6 is 11.3 Å². The number of hydrogen-bond donors (Lipinski definition) is 0. The van der Waals surface area contributed by atoms with E-state index in [0.29, 0.717) is 16.5 Å². The van der Waals surface area contributed by atoms with Crippen molar-refractivity contribution >= 4 is 48.7 Å². The summed E-state index contributed by atoms with van der Waals surface area (Å²) in [5, 5.41) is 0.521. The Morgan fingerprint density at radius 1 is 1.08 bits per heavy atom. The van der Waals surface area contributed by atoms with Crippen molar-refractivity contribution in [2.75, 3.05) is 37.7 Å². The zero-order valence-corrected chi connectivity index (χ0v) is 23.2. The molecule has 0 aliphatic carbocycles. The second-order valence-corrected chi connectivity index (χ2v) is 12.0. The number of sulfonamides is 1. The number of benzene rings is 2. The lowest BCUT2D eigenvalue weighted by atomic mass is 10.2. The summed E-state index contributed by atoms with van der Waals surface area (Å²) in [4.78, 5) is 33.4. The minimum absolute atomic E-state index is 0.0803. The third-order valence-electron chi connectivity index (χ3n) is 6.41. The van der Waals surface area contributed by atoms with E-state index in [0.717, 1.165) is 15.8 Å². The molecule has 3 heterocycles. The van der Waals surface area contributed by atoms with Crippen molar-refractivity contribution in [2.24, 2.45) is 0 Å². The van der Waals surface area contributed by atoms with E-state index in [-0.39, 0.29) is 50.1 Å². The summed E-state index contributed by atoms with van der Waals surface area (Å²) in [6, 6.07) is 15.4. The smallest absolute Gasteiger partial charge is 0.409 e. The summed E-state index contributed by atoms with van der Waals surface area (Å²) in [7, 11) is -3.80. The maximum absolute atomic E-state index is 13.7. The monoisotopic (exact) mass is 568 g/mol. The van der Waals surface area contributed by atoms with E-state index in [2.05, 4.69) is 4.98 Å². The topological polar surface area (TPSA) is 113 Å². The fourth-order valence-corrected chi connectivity index (χ4v) is 6.80. The van der Waals surface area contributed by atoms with Gasteiger partial charge in [0.05, 0.1) is 34.5 Å². The lowest BCUT2D eigenvalue weighted by Gasteiger charge is -2.33.